The van der Waals surface area contributed by atoms with Crippen molar-refractivity contribution in [2.75, 3.05) is 0 Å². The minimum absolute atomic E-state index is 0.00238. The molecule has 2 rings (SSSR count). The molecule has 0 amide bonds. The highest BCUT2D eigenvalue weighted by Crippen LogP contribution is 2.22. The second kappa shape index (κ2) is 5.71. The molecule has 0 fully saturated rings. The zero-order chi connectivity index (χ0) is 14.9. The summed E-state index contributed by atoms with van der Waals surface area (Å²) in [5, 5.41) is 4.22. The molecular weight excluding hydrogens is 286 g/mol. The molecule has 0 aliphatic carbocycles. The molecular formula is C14H13ClF2N2O. The number of ketones is 1. The lowest BCUT2D eigenvalue weighted by atomic mass is 10.1. The molecule has 6 heteroatoms. The first-order valence-corrected chi connectivity index (χ1v) is 6.48. The van der Waals surface area contributed by atoms with E-state index in [0.717, 1.165) is 6.07 Å². The highest BCUT2D eigenvalue weighted by molar-refractivity contribution is 6.33. The number of Topliss-reactive ketones (excluding diaryl/α,β-unsaturated/α-hetero) is 1. The number of carbonyl (C=O) groups is 1. The van der Waals surface area contributed by atoms with E-state index in [-0.39, 0.29) is 28.7 Å². The number of benzene rings is 1. The van der Waals surface area contributed by atoms with Crippen molar-refractivity contribution in [3.05, 3.63) is 52.3 Å². The van der Waals surface area contributed by atoms with Crippen molar-refractivity contribution in [1.82, 2.24) is 9.78 Å². The van der Waals surface area contributed by atoms with Crippen LogP contribution in [0.2, 0.25) is 5.02 Å². The molecule has 1 aromatic heterocycles. The van der Waals surface area contributed by atoms with E-state index in [0.29, 0.717) is 0 Å². The predicted octanol–water partition coefficient (Wildman–Crippen LogP) is 3.82. The van der Waals surface area contributed by atoms with Gasteiger partial charge in [0.25, 0.3) is 0 Å². The predicted molar refractivity (Wildman–Crippen MR) is 72.0 cm³/mol. The van der Waals surface area contributed by atoms with Gasteiger partial charge in [0.1, 0.15) is 5.69 Å². The summed E-state index contributed by atoms with van der Waals surface area (Å²) in [4.78, 5) is 12.3. The molecule has 0 atom stereocenters. The summed E-state index contributed by atoms with van der Waals surface area (Å²) in [5.74, 6) is -2.38. The van der Waals surface area contributed by atoms with E-state index in [9.17, 15) is 13.6 Å². The summed E-state index contributed by atoms with van der Waals surface area (Å²) in [5.41, 5.74) is 0.216. The van der Waals surface area contributed by atoms with Gasteiger partial charge in [-0.05, 0) is 25.5 Å². The third-order valence-electron chi connectivity index (χ3n) is 2.89. The summed E-state index contributed by atoms with van der Waals surface area (Å²) in [7, 11) is 0. The zero-order valence-corrected chi connectivity index (χ0v) is 11.8. The van der Waals surface area contributed by atoms with E-state index >= 15 is 0 Å². The molecule has 1 heterocycles. The largest absolute Gasteiger partial charge is 0.292 e. The van der Waals surface area contributed by atoms with Crippen LogP contribution in [-0.4, -0.2) is 15.6 Å². The van der Waals surface area contributed by atoms with Gasteiger partial charge < -0.3 is 0 Å². The number of nitrogens with zero attached hydrogens (tertiary/aromatic N) is 2. The number of hydrogen-bond donors (Lipinski definition) is 0. The van der Waals surface area contributed by atoms with Crippen molar-refractivity contribution in [2.45, 2.75) is 26.3 Å². The number of hydrogen-bond acceptors (Lipinski definition) is 2. The molecule has 0 bridgehead atoms. The van der Waals surface area contributed by atoms with E-state index < -0.39 is 17.4 Å². The Bertz CT molecular complexity index is 653. The van der Waals surface area contributed by atoms with Crippen LogP contribution < -0.4 is 0 Å². The topological polar surface area (TPSA) is 34.9 Å². The van der Waals surface area contributed by atoms with Gasteiger partial charge in [0.05, 0.1) is 11.2 Å². The van der Waals surface area contributed by atoms with Crippen molar-refractivity contribution < 1.29 is 13.6 Å². The Morgan fingerprint density at radius 2 is 2.10 bits per heavy atom. The molecule has 0 spiro atoms. The molecule has 0 aliphatic rings. The lowest BCUT2D eigenvalue weighted by Gasteiger charge is -2.11. The van der Waals surface area contributed by atoms with E-state index in [2.05, 4.69) is 5.10 Å². The molecule has 0 saturated heterocycles. The van der Waals surface area contributed by atoms with Gasteiger partial charge in [-0.15, -0.1) is 0 Å². The Morgan fingerprint density at radius 3 is 2.75 bits per heavy atom. The van der Waals surface area contributed by atoms with Gasteiger partial charge in [-0.1, -0.05) is 23.7 Å². The Kier molecular flexibility index (Phi) is 4.18. The average Bonchev–Trinajstić information content (AvgIpc) is 2.77. The number of carbonyl (C=O) groups excluding carboxylic acids is 1. The maximum absolute atomic E-state index is 13.6. The molecule has 2 aromatic rings. The standard InChI is InChI=1S/C14H13ClF2N2O/c1-8(2)19-14(10(15)7-18-19)12(20)6-9-4-3-5-11(16)13(9)17/h3-5,7-8H,6H2,1-2H3. The van der Waals surface area contributed by atoms with Crippen LogP contribution in [0.15, 0.2) is 24.4 Å². The number of rotatable bonds is 4. The minimum atomic E-state index is -1.01. The van der Waals surface area contributed by atoms with E-state index in [1.165, 1.54) is 23.0 Å². The second-order valence-corrected chi connectivity index (χ2v) is 5.10. The fourth-order valence-corrected chi connectivity index (χ4v) is 2.17. The number of halogens is 3. The minimum Gasteiger partial charge on any atom is -0.292 e. The van der Waals surface area contributed by atoms with Crippen LogP contribution in [-0.2, 0) is 6.42 Å². The summed E-state index contributed by atoms with van der Waals surface area (Å²) in [6, 6.07) is 3.69. The van der Waals surface area contributed by atoms with Crippen LogP contribution in [0.5, 0.6) is 0 Å². The molecule has 0 unspecified atom stereocenters. The van der Waals surface area contributed by atoms with E-state index in [4.69, 9.17) is 11.6 Å². The van der Waals surface area contributed by atoms with Crippen molar-refractivity contribution >= 4 is 17.4 Å². The first-order chi connectivity index (χ1) is 9.41. The monoisotopic (exact) mass is 298 g/mol. The Morgan fingerprint density at radius 1 is 1.40 bits per heavy atom. The SMILES string of the molecule is CC(C)n1ncc(Cl)c1C(=O)Cc1cccc(F)c1F. The molecule has 1 aromatic carbocycles. The summed E-state index contributed by atoms with van der Waals surface area (Å²) in [6.07, 6.45) is 1.11. The Hall–Kier alpha value is -1.75. The van der Waals surface area contributed by atoms with Gasteiger partial charge in [0.2, 0.25) is 0 Å². The van der Waals surface area contributed by atoms with E-state index in [1.54, 1.807) is 0 Å². The Labute approximate surface area is 120 Å². The van der Waals surface area contributed by atoms with Crippen molar-refractivity contribution in [3.63, 3.8) is 0 Å². The van der Waals surface area contributed by atoms with Gasteiger partial charge >= 0.3 is 0 Å². The third kappa shape index (κ3) is 2.72. The van der Waals surface area contributed by atoms with Crippen LogP contribution in [0.3, 0.4) is 0 Å². The molecule has 3 nitrogen and oxygen atoms in total. The lowest BCUT2D eigenvalue weighted by Crippen LogP contribution is -2.15. The van der Waals surface area contributed by atoms with Crippen LogP contribution in [0, 0.1) is 11.6 Å². The molecule has 0 saturated carbocycles. The first-order valence-electron chi connectivity index (χ1n) is 6.11. The summed E-state index contributed by atoms with van der Waals surface area (Å²) < 4.78 is 28.2. The smallest absolute Gasteiger partial charge is 0.186 e. The van der Waals surface area contributed by atoms with Crippen molar-refractivity contribution in [2.24, 2.45) is 0 Å². The average molecular weight is 299 g/mol. The highest BCUT2D eigenvalue weighted by Gasteiger charge is 2.21. The van der Waals surface area contributed by atoms with Crippen LogP contribution >= 0.6 is 11.6 Å². The van der Waals surface area contributed by atoms with Crippen LogP contribution in [0.25, 0.3) is 0 Å². The quantitative estimate of drug-likeness (QED) is 0.804. The number of aromatic nitrogens is 2. The first kappa shape index (κ1) is 14.7. The van der Waals surface area contributed by atoms with Gasteiger partial charge in [-0.25, -0.2) is 8.78 Å². The molecule has 0 N–H and O–H groups in total. The maximum atomic E-state index is 13.6. The van der Waals surface area contributed by atoms with Gasteiger partial charge in [-0.3, -0.25) is 9.48 Å². The molecule has 0 radical (unpaired) electrons. The van der Waals surface area contributed by atoms with Crippen LogP contribution in [0.1, 0.15) is 35.9 Å². The van der Waals surface area contributed by atoms with E-state index in [1.807, 2.05) is 13.8 Å². The van der Waals surface area contributed by atoms with Gasteiger partial charge in [-0.2, -0.15) is 5.10 Å². The summed E-state index contributed by atoms with van der Waals surface area (Å²) in [6.45, 7) is 3.70. The maximum Gasteiger partial charge on any atom is 0.186 e. The fourth-order valence-electron chi connectivity index (χ4n) is 1.94. The van der Waals surface area contributed by atoms with Gasteiger partial charge in [0.15, 0.2) is 17.4 Å². The highest BCUT2D eigenvalue weighted by atomic mass is 35.5. The van der Waals surface area contributed by atoms with Crippen molar-refractivity contribution in [1.29, 1.82) is 0 Å². The lowest BCUT2D eigenvalue weighted by molar-refractivity contribution is 0.0979. The van der Waals surface area contributed by atoms with Gasteiger partial charge in [0, 0.05) is 12.5 Å². The van der Waals surface area contributed by atoms with Crippen molar-refractivity contribution in [3.8, 4) is 0 Å². The zero-order valence-electron chi connectivity index (χ0n) is 11.0. The third-order valence-corrected chi connectivity index (χ3v) is 3.16. The summed E-state index contributed by atoms with van der Waals surface area (Å²) >= 11 is 5.95. The molecule has 20 heavy (non-hydrogen) atoms. The normalized spacial score (nSPS) is 11.1. The van der Waals surface area contributed by atoms with Crippen LogP contribution in [0.4, 0.5) is 8.78 Å². The molecule has 0 aliphatic heterocycles. The Balaban J connectivity index is 2.34. The molecule has 106 valence electrons. The second-order valence-electron chi connectivity index (χ2n) is 4.69. The fraction of sp³-hybridized carbons (Fsp3) is 0.286.